The Labute approximate surface area is 145 Å². The largest absolute Gasteiger partial charge is 0.474 e. The number of nitrogens with one attached hydrogen (secondary N) is 2. The normalized spacial score (nSPS) is 16.9. The van der Waals surface area contributed by atoms with E-state index in [-0.39, 0.29) is 6.04 Å². The van der Waals surface area contributed by atoms with Crippen molar-refractivity contribution in [2.45, 2.75) is 58.2 Å². The first-order chi connectivity index (χ1) is 11.7. The lowest BCUT2D eigenvalue weighted by atomic mass is 10.2. The SMILES string of the molecule is CCNC(=NCc1ccnc(OC2CCCC2)c1)NC(C)COC. The van der Waals surface area contributed by atoms with Crippen molar-refractivity contribution in [2.24, 2.45) is 4.99 Å². The Morgan fingerprint density at radius 1 is 1.42 bits per heavy atom. The molecule has 2 rings (SSSR count). The van der Waals surface area contributed by atoms with Gasteiger partial charge in [0.25, 0.3) is 0 Å². The molecule has 1 atom stereocenters. The molecule has 0 radical (unpaired) electrons. The Morgan fingerprint density at radius 2 is 2.21 bits per heavy atom. The van der Waals surface area contributed by atoms with Crippen molar-refractivity contribution >= 4 is 5.96 Å². The van der Waals surface area contributed by atoms with Crippen LogP contribution in [0.4, 0.5) is 0 Å². The van der Waals surface area contributed by atoms with Crippen molar-refractivity contribution < 1.29 is 9.47 Å². The molecule has 2 N–H and O–H groups in total. The van der Waals surface area contributed by atoms with Crippen LogP contribution in [0.1, 0.15) is 45.1 Å². The first-order valence-corrected chi connectivity index (χ1v) is 8.86. The first-order valence-electron chi connectivity index (χ1n) is 8.86. The number of aliphatic imine (C=N–C) groups is 1. The standard InChI is InChI=1S/C18H30N4O2/c1-4-19-18(22-14(2)13-23-3)21-12-15-9-10-20-17(11-15)24-16-7-5-6-8-16/h9-11,14,16H,4-8,12-13H2,1-3H3,(H2,19,21,22). The molecular formula is C18H30N4O2. The highest BCUT2D eigenvalue weighted by Gasteiger charge is 2.17. The lowest BCUT2D eigenvalue weighted by molar-refractivity contribution is 0.179. The Morgan fingerprint density at radius 3 is 2.92 bits per heavy atom. The molecule has 0 amide bonds. The zero-order valence-corrected chi connectivity index (χ0v) is 15.0. The van der Waals surface area contributed by atoms with Gasteiger partial charge >= 0.3 is 0 Å². The number of aromatic nitrogens is 1. The van der Waals surface area contributed by atoms with Crippen LogP contribution < -0.4 is 15.4 Å². The van der Waals surface area contributed by atoms with Crippen molar-refractivity contribution in [1.82, 2.24) is 15.6 Å². The topological polar surface area (TPSA) is 67.8 Å². The molecule has 1 fully saturated rings. The molecule has 6 nitrogen and oxygen atoms in total. The number of hydrogen-bond donors (Lipinski definition) is 2. The maximum atomic E-state index is 5.96. The molecule has 1 aliphatic rings. The highest BCUT2D eigenvalue weighted by atomic mass is 16.5. The average Bonchev–Trinajstić information content (AvgIpc) is 3.06. The van der Waals surface area contributed by atoms with Gasteiger partial charge in [0.2, 0.25) is 5.88 Å². The van der Waals surface area contributed by atoms with Crippen LogP contribution in [0.5, 0.6) is 5.88 Å². The number of rotatable bonds is 8. The van der Waals surface area contributed by atoms with Gasteiger partial charge in [0.15, 0.2) is 5.96 Å². The lowest BCUT2D eigenvalue weighted by Crippen LogP contribution is -2.43. The highest BCUT2D eigenvalue weighted by Crippen LogP contribution is 2.23. The molecule has 0 spiro atoms. The van der Waals surface area contributed by atoms with Gasteiger partial charge < -0.3 is 20.1 Å². The molecule has 24 heavy (non-hydrogen) atoms. The Balaban J connectivity index is 1.94. The molecule has 0 bridgehead atoms. The van der Waals surface area contributed by atoms with Crippen LogP contribution in [0.2, 0.25) is 0 Å². The fraction of sp³-hybridized carbons (Fsp3) is 0.667. The van der Waals surface area contributed by atoms with E-state index >= 15 is 0 Å². The van der Waals surface area contributed by atoms with Crippen molar-refractivity contribution in [1.29, 1.82) is 0 Å². The third-order valence-electron chi connectivity index (χ3n) is 3.95. The summed E-state index contributed by atoms with van der Waals surface area (Å²) in [7, 11) is 1.70. The Kier molecular flexibility index (Phi) is 7.82. The molecule has 1 unspecified atom stereocenters. The molecule has 1 heterocycles. The molecule has 1 aliphatic carbocycles. The van der Waals surface area contributed by atoms with Crippen LogP contribution in [-0.2, 0) is 11.3 Å². The van der Waals surface area contributed by atoms with Gasteiger partial charge in [-0.25, -0.2) is 9.98 Å². The first kappa shape index (κ1) is 18.5. The molecular weight excluding hydrogens is 304 g/mol. The van der Waals surface area contributed by atoms with Gasteiger partial charge in [0.05, 0.1) is 13.2 Å². The number of methoxy groups -OCH3 is 1. The van der Waals surface area contributed by atoms with Crippen LogP contribution >= 0.6 is 0 Å². The third kappa shape index (κ3) is 6.35. The van der Waals surface area contributed by atoms with Gasteiger partial charge in [0.1, 0.15) is 6.10 Å². The fourth-order valence-corrected chi connectivity index (χ4v) is 2.81. The molecule has 1 aromatic heterocycles. The van der Waals surface area contributed by atoms with Gasteiger partial charge in [-0.15, -0.1) is 0 Å². The van der Waals surface area contributed by atoms with Crippen molar-refractivity contribution in [3.8, 4) is 5.88 Å². The monoisotopic (exact) mass is 334 g/mol. The molecule has 134 valence electrons. The van der Waals surface area contributed by atoms with Crippen molar-refractivity contribution in [2.75, 3.05) is 20.3 Å². The van der Waals surface area contributed by atoms with Crippen LogP contribution in [0.3, 0.4) is 0 Å². The van der Waals surface area contributed by atoms with E-state index in [1.807, 2.05) is 12.1 Å². The highest BCUT2D eigenvalue weighted by molar-refractivity contribution is 5.80. The summed E-state index contributed by atoms with van der Waals surface area (Å²) >= 11 is 0. The van der Waals surface area contributed by atoms with Gasteiger partial charge in [-0.1, -0.05) is 0 Å². The fourth-order valence-electron chi connectivity index (χ4n) is 2.81. The van der Waals surface area contributed by atoms with E-state index < -0.39 is 0 Å². The predicted molar refractivity (Wildman–Crippen MR) is 96.4 cm³/mol. The van der Waals surface area contributed by atoms with Crippen LogP contribution in [0.25, 0.3) is 0 Å². The van der Waals surface area contributed by atoms with Crippen LogP contribution in [0.15, 0.2) is 23.3 Å². The Hall–Kier alpha value is -1.82. The van der Waals surface area contributed by atoms with Gasteiger partial charge in [-0.05, 0) is 51.2 Å². The summed E-state index contributed by atoms with van der Waals surface area (Å²) in [5, 5.41) is 6.58. The summed E-state index contributed by atoms with van der Waals surface area (Å²) in [6.45, 7) is 6.16. The third-order valence-corrected chi connectivity index (χ3v) is 3.95. The predicted octanol–water partition coefficient (Wildman–Crippen LogP) is 2.49. The maximum absolute atomic E-state index is 5.96. The van der Waals surface area contributed by atoms with E-state index in [2.05, 4.69) is 34.5 Å². The maximum Gasteiger partial charge on any atom is 0.213 e. The summed E-state index contributed by atoms with van der Waals surface area (Å²) < 4.78 is 11.1. The summed E-state index contributed by atoms with van der Waals surface area (Å²) in [6.07, 6.45) is 6.90. The minimum absolute atomic E-state index is 0.200. The molecule has 1 aromatic rings. The second-order valence-electron chi connectivity index (χ2n) is 6.22. The molecule has 0 aliphatic heterocycles. The number of pyridine rings is 1. The summed E-state index contributed by atoms with van der Waals surface area (Å²) in [5.74, 6) is 1.50. The summed E-state index contributed by atoms with van der Waals surface area (Å²) in [5.41, 5.74) is 1.09. The second kappa shape index (κ2) is 10.1. The minimum atomic E-state index is 0.200. The Bertz CT molecular complexity index is 515. The second-order valence-corrected chi connectivity index (χ2v) is 6.22. The molecule has 0 saturated heterocycles. The van der Waals surface area contributed by atoms with E-state index in [9.17, 15) is 0 Å². The van der Waals surface area contributed by atoms with E-state index in [0.29, 0.717) is 25.1 Å². The molecule has 1 saturated carbocycles. The van der Waals surface area contributed by atoms with Gasteiger partial charge in [0, 0.05) is 32.0 Å². The number of ether oxygens (including phenoxy) is 2. The van der Waals surface area contributed by atoms with Crippen LogP contribution in [-0.4, -0.2) is 43.4 Å². The summed E-state index contributed by atoms with van der Waals surface area (Å²) in [4.78, 5) is 8.95. The lowest BCUT2D eigenvalue weighted by Gasteiger charge is -2.17. The number of guanidine groups is 1. The van der Waals surface area contributed by atoms with Gasteiger partial charge in [-0.3, -0.25) is 0 Å². The van der Waals surface area contributed by atoms with E-state index in [4.69, 9.17) is 9.47 Å². The van der Waals surface area contributed by atoms with E-state index in [1.165, 1.54) is 12.8 Å². The molecule has 6 heteroatoms. The summed E-state index contributed by atoms with van der Waals surface area (Å²) in [6, 6.07) is 4.17. The number of nitrogens with zero attached hydrogens (tertiary/aromatic N) is 2. The minimum Gasteiger partial charge on any atom is -0.474 e. The number of hydrogen-bond acceptors (Lipinski definition) is 4. The van der Waals surface area contributed by atoms with Crippen molar-refractivity contribution in [3.05, 3.63) is 23.9 Å². The quantitative estimate of drug-likeness (QED) is 0.565. The van der Waals surface area contributed by atoms with Gasteiger partial charge in [-0.2, -0.15) is 0 Å². The average molecular weight is 334 g/mol. The van der Waals surface area contributed by atoms with Crippen molar-refractivity contribution in [3.63, 3.8) is 0 Å². The molecule has 0 aromatic carbocycles. The van der Waals surface area contributed by atoms with E-state index in [1.54, 1.807) is 13.3 Å². The zero-order valence-electron chi connectivity index (χ0n) is 15.0. The smallest absolute Gasteiger partial charge is 0.213 e. The van der Waals surface area contributed by atoms with E-state index in [0.717, 1.165) is 30.9 Å². The zero-order chi connectivity index (χ0) is 17.2. The van der Waals surface area contributed by atoms with Crippen LogP contribution in [0, 0.1) is 0 Å².